The third-order valence-electron chi connectivity index (χ3n) is 1.66. The van der Waals surface area contributed by atoms with E-state index in [1.165, 1.54) is 11.5 Å². The highest BCUT2D eigenvalue weighted by molar-refractivity contribution is 8.09. The molecule has 0 bridgehead atoms. The zero-order valence-electron chi connectivity index (χ0n) is 6.81. The first kappa shape index (κ1) is 8.54. The van der Waals surface area contributed by atoms with Gasteiger partial charge in [-0.15, -0.1) is 23.5 Å². The third kappa shape index (κ3) is 1.73. The monoisotopic (exact) mass is 174 g/mol. The minimum absolute atomic E-state index is 0.387. The van der Waals surface area contributed by atoms with E-state index in [1.807, 2.05) is 11.8 Å². The van der Waals surface area contributed by atoms with Crippen molar-refractivity contribution in [2.24, 2.45) is 0 Å². The normalized spacial score (nSPS) is 28.9. The van der Waals surface area contributed by atoms with Crippen molar-refractivity contribution in [3.8, 4) is 0 Å². The van der Waals surface area contributed by atoms with E-state index in [9.17, 15) is 0 Å². The van der Waals surface area contributed by atoms with Crippen LogP contribution in [-0.4, -0.2) is 16.3 Å². The quantitative estimate of drug-likeness (QED) is 0.553. The first-order valence-corrected chi connectivity index (χ1v) is 5.57. The molecular weight excluding hydrogens is 160 g/mol. The summed E-state index contributed by atoms with van der Waals surface area (Å²) in [4.78, 5) is 1.55. The predicted molar refractivity (Wildman–Crippen MR) is 52.8 cm³/mol. The molecule has 1 rings (SSSR count). The van der Waals surface area contributed by atoms with E-state index in [1.54, 1.807) is 4.91 Å². The molecule has 1 saturated heterocycles. The fraction of sp³-hybridized carbons (Fsp3) is 0.750. The highest BCUT2D eigenvalue weighted by Gasteiger charge is 2.26. The van der Waals surface area contributed by atoms with Crippen molar-refractivity contribution in [1.29, 1.82) is 0 Å². The minimum Gasteiger partial charge on any atom is -0.150 e. The molecule has 0 amide bonds. The SMILES string of the molecule is C/C=C1\SCCSC1(C)C. The number of hydrogen-bond donors (Lipinski definition) is 0. The van der Waals surface area contributed by atoms with E-state index in [2.05, 4.69) is 38.6 Å². The maximum absolute atomic E-state index is 2.30. The fourth-order valence-electron chi connectivity index (χ4n) is 1.12. The van der Waals surface area contributed by atoms with E-state index < -0.39 is 0 Å². The van der Waals surface area contributed by atoms with Crippen LogP contribution in [-0.2, 0) is 0 Å². The first-order valence-electron chi connectivity index (χ1n) is 3.60. The number of hydrogen-bond acceptors (Lipinski definition) is 2. The molecule has 1 fully saturated rings. The van der Waals surface area contributed by atoms with E-state index in [4.69, 9.17) is 0 Å². The van der Waals surface area contributed by atoms with Crippen molar-refractivity contribution in [3.05, 3.63) is 11.0 Å². The van der Waals surface area contributed by atoms with Crippen LogP contribution in [0.3, 0.4) is 0 Å². The van der Waals surface area contributed by atoms with Crippen molar-refractivity contribution in [2.75, 3.05) is 11.5 Å². The third-order valence-corrected chi connectivity index (χ3v) is 4.86. The maximum Gasteiger partial charge on any atom is 0.0408 e. The molecule has 0 radical (unpaired) electrons. The van der Waals surface area contributed by atoms with Gasteiger partial charge in [-0.2, -0.15) is 0 Å². The number of thioether (sulfide) groups is 2. The van der Waals surface area contributed by atoms with Gasteiger partial charge in [0, 0.05) is 16.3 Å². The number of allylic oxidation sites excluding steroid dienone is 1. The molecule has 0 aromatic heterocycles. The Morgan fingerprint density at radius 2 is 2.10 bits per heavy atom. The second kappa shape index (κ2) is 3.22. The standard InChI is InChI=1S/C8H14S2/c1-4-7-8(2,3)10-6-5-9-7/h4H,5-6H2,1-3H3/b7-4-. The zero-order chi connectivity index (χ0) is 7.61. The van der Waals surface area contributed by atoms with Crippen LogP contribution in [0.4, 0.5) is 0 Å². The summed E-state index contributed by atoms with van der Waals surface area (Å²) in [6, 6.07) is 0. The summed E-state index contributed by atoms with van der Waals surface area (Å²) in [6.07, 6.45) is 2.25. The highest BCUT2D eigenvalue weighted by atomic mass is 32.2. The van der Waals surface area contributed by atoms with Crippen molar-refractivity contribution < 1.29 is 0 Å². The van der Waals surface area contributed by atoms with Crippen molar-refractivity contribution in [2.45, 2.75) is 25.5 Å². The van der Waals surface area contributed by atoms with E-state index in [-0.39, 0.29) is 0 Å². The van der Waals surface area contributed by atoms with E-state index in [0.717, 1.165) is 0 Å². The Bertz CT molecular complexity index is 147. The number of rotatable bonds is 0. The summed E-state index contributed by atoms with van der Waals surface area (Å²) in [5, 5.41) is 0. The Kier molecular flexibility index (Phi) is 2.75. The van der Waals surface area contributed by atoms with Gasteiger partial charge in [-0.25, -0.2) is 0 Å². The van der Waals surface area contributed by atoms with Crippen LogP contribution >= 0.6 is 23.5 Å². The van der Waals surface area contributed by atoms with Crippen LogP contribution in [0.15, 0.2) is 11.0 Å². The molecule has 1 heterocycles. The highest BCUT2D eigenvalue weighted by Crippen LogP contribution is 2.43. The van der Waals surface area contributed by atoms with Gasteiger partial charge in [-0.3, -0.25) is 0 Å². The minimum atomic E-state index is 0.387. The van der Waals surface area contributed by atoms with Crippen LogP contribution in [0.1, 0.15) is 20.8 Å². The molecule has 1 aliphatic heterocycles. The van der Waals surface area contributed by atoms with Crippen molar-refractivity contribution >= 4 is 23.5 Å². The van der Waals surface area contributed by atoms with E-state index in [0.29, 0.717) is 4.75 Å². The van der Waals surface area contributed by atoms with Crippen molar-refractivity contribution in [1.82, 2.24) is 0 Å². The molecular formula is C8H14S2. The topological polar surface area (TPSA) is 0 Å². The van der Waals surface area contributed by atoms with Gasteiger partial charge >= 0.3 is 0 Å². The Morgan fingerprint density at radius 3 is 2.50 bits per heavy atom. The Morgan fingerprint density at radius 1 is 1.40 bits per heavy atom. The summed E-state index contributed by atoms with van der Waals surface area (Å²) in [5.41, 5.74) is 0. The Hall–Kier alpha value is 0.440. The van der Waals surface area contributed by atoms with Crippen LogP contribution in [0.5, 0.6) is 0 Å². The van der Waals surface area contributed by atoms with Gasteiger partial charge in [-0.05, 0) is 25.7 Å². The molecule has 0 spiro atoms. The largest absolute Gasteiger partial charge is 0.150 e. The van der Waals surface area contributed by atoms with Gasteiger partial charge < -0.3 is 0 Å². The molecule has 0 atom stereocenters. The zero-order valence-corrected chi connectivity index (χ0v) is 8.44. The van der Waals surface area contributed by atoms with Gasteiger partial charge in [0.25, 0.3) is 0 Å². The van der Waals surface area contributed by atoms with E-state index >= 15 is 0 Å². The van der Waals surface area contributed by atoms with Gasteiger partial charge in [0.2, 0.25) is 0 Å². The lowest BCUT2D eigenvalue weighted by Gasteiger charge is -2.31. The molecule has 58 valence electrons. The second-order valence-corrected chi connectivity index (χ2v) is 5.71. The molecule has 0 aromatic carbocycles. The maximum atomic E-state index is 2.30. The summed E-state index contributed by atoms with van der Waals surface area (Å²) >= 11 is 4.07. The average Bonchev–Trinajstić information content (AvgIpc) is 1.87. The van der Waals surface area contributed by atoms with Crippen LogP contribution in [0.25, 0.3) is 0 Å². The molecule has 0 N–H and O–H groups in total. The fourth-order valence-corrected chi connectivity index (χ4v) is 3.65. The lowest BCUT2D eigenvalue weighted by molar-refractivity contribution is 0.876. The lowest BCUT2D eigenvalue weighted by Crippen LogP contribution is -2.21. The molecule has 2 heteroatoms. The van der Waals surface area contributed by atoms with Crippen LogP contribution in [0, 0.1) is 0 Å². The van der Waals surface area contributed by atoms with Gasteiger partial charge in [0.15, 0.2) is 0 Å². The smallest absolute Gasteiger partial charge is 0.0408 e. The van der Waals surface area contributed by atoms with Gasteiger partial charge in [0.1, 0.15) is 0 Å². The summed E-state index contributed by atoms with van der Waals surface area (Å²) < 4.78 is 0.387. The lowest BCUT2D eigenvalue weighted by atomic mass is 10.2. The summed E-state index contributed by atoms with van der Waals surface area (Å²) in [7, 11) is 0. The van der Waals surface area contributed by atoms with Gasteiger partial charge in [0.05, 0.1) is 0 Å². The van der Waals surface area contributed by atoms with Crippen LogP contribution in [0.2, 0.25) is 0 Å². The molecule has 0 aliphatic carbocycles. The summed E-state index contributed by atoms with van der Waals surface area (Å²) in [6.45, 7) is 6.74. The molecule has 0 saturated carbocycles. The molecule has 1 aliphatic rings. The second-order valence-electron chi connectivity index (χ2n) is 2.86. The molecule has 0 nitrogen and oxygen atoms in total. The van der Waals surface area contributed by atoms with Gasteiger partial charge in [-0.1, -0.05) is 6.08 Å². The van der Waals surface area contributed by atoms with Crippen LogP contribution < -0.4 is 0 Å². The molecule has 0 aromatic rings. The average molecular weight is 174 g/mol. The van der Waals surface area contributed by atoms with Crippen molar-refractivity contribution in [3.63, 3.8) is 0 Å². The summed E-state index contributed by atoms with van der Waals surface area (Å²) in [5.74, 6) is 2.59. The molecule has 0 unspecified atom stereocenters. The predicted octanol–water partition coefficient (Wildman–Crippen LogP) is 3.15. The Balaban J connectivity index is 2.70. The first-order chi connectivity index (χ1) is 4.67. The molecule has 10 heavy (non-hydrogen) atoms. The Labute approximate surface area is 71.8 Å².